The summed E-state index contributed by atoms with van der Waals surface area (Å²) in [4.78, 5) is 0. The Morgan fingerprint density at radius 2 is 1.53 bits per heavy atom. The van der Waals surface area contributed by atoms with Crippen molar-refractivity contribution in [2.45, 2.75) is 46.6 Å². The third-order valence-electron chi connectivity index (χ3n) is 3.94. The molecular formula is C16H28N+. The molecule has 1 nitrogen and oxygen atoms in total. The first-order chi connectivity index (χ1) is 8.26. The van der Waals surface area contributed by atoms with E-state index in [1.807, 2.05) is 0 Å². The number of unbranched alkanes of at least 4 members (excludes halogenated alkanes) is 2. The third-order valence-corrected chi connectivity index (χ3v) is 3.94. The van der Waals surface area contributed by atoms with Crippen LogP contribution >= 0.6 is 0 Å². The van der Waals surface area contributed by atoms with Gasteiger partial charge in [0.15, 0.2) is 0 Å². The highest BCUT2D eigenvalue weighted by molar-refractivity contribution is 5.13. The molecule has 0 aliphatic rings. The Morgan fingerprint density at radius 1 is 0.882 bits per heavy atom. The van der Waals surface area contributed by atoms with Gasteiger partial charge >= 0.3 is 0 Å². The number of benzene rings is 1. The van der Waals surface area contributed by atoms with Crippen LogP contribution in [-0.2, 0) is 6.54 Å². The summed E-state index contributed by atoms with van der Waals surface area (Å²) in [6.07, 6.45) is 4.05. The molecule has 0 spiro atoms. The lowest BCUT2D eigenvalue weighted by Gasteiger charge is -2.37. The molecule has 96 valence electrons. The fourth-order valence-corrected chi connectivity index (χ4v) is 2.51. The number of rotatable bonds is 8. The average molecular weight is 234 g/mol. The maximum Gasteiger partial charge on any atom is 0.104 e. The highest BCUT2D eigenvalue weighted by Crippen LogP contribution is 2.16. The molecule has 0 fully saturated rings. The zero-order valence-electron chi connectivity index (χ0n) is 11.8. The fourth-order valence-electron chi connectivity index (χ4n) is 2.51. The first-order valence-corrected chi connectivity index (χ1v) is 7.15. The van der Waals surface area contributed by atoms with E-state index in [0.29, 0.717) is 0 Å². The molecule has 1 heteroatoms. The predicted octanol–water partition coefficient (Wildman–Crippen LogP) is 4.23. The van der Waals surface area contributed by atoms with Gasteiger partial charge in [-0.1, -0.05) is 43.7 Å². The molecule has 0 saturated heterocycles. The van der Waals surface area contributed by atoms with Gasteiger partial charge in [-0.15, -0.1) is 0 Å². The molecule has 0 heterocycles. The van der Waals surface area contributed by atoms with Crippen molar-refractivity contribution in [1.82, 2.24) is 0 Å². The molecule has 0 atom stereocenters. The Kier molecular flexibility index (Phi) is 6.28. The van der Waals surface area contributed by atoms with Gasteiger partial charge in [0, 0.05) is 5.56 Å². The van der Waals surface area contributed by atoms with Crippen molar-refractivity contribution in [3.8, 4) is 0 Å². The normalized spacial score (nSPS) is 11.7. The molecule has 0 bridgehead atoms. The fraction of sp³-hybridized carbons (Fsp3) is 0.625. The summed E-state index contributed by atoms with van der Waals surface area (Å²) in [5, 5.41) is 0. The average Bonchev–Trinajstić information content (AvgIpc) is 2.39. The second-order valence-electron chi connectivity index (χ2n) is 5.05. The molecule has 0 amide bonds. The Balaban J connectivity index is 2.63. The van der Waals surface area contributed by atoms with Gasteiger partial charge in [0.05, 0.1) is 19.6 Å². The van der Waals surface area contributed by atoms with Crippen molar-refractivity contribution in [2.75, 3.05) is 19.6 Å². The van der Waals surface area contributed by atoms with Gasteiger partial charge < -0.3 is 4.48 Å². The minimum absolute atomic E-state index is 1.19. The molecule has 0 aromatic heterocycles. The molecule has 0 aliphatic heterocycles. The van der Waals surface area contributed by atoms with Gasteiger partial charge in [-0.25, -0.2) is 0 Å². The molecule has 0 N–H and O–H groups in total. The summed E-state index contributed by atoms with van der Waals surface area (Å²) >= 11 is 0. The molecule has 1 aromatic carbocycles. The van der Waals surface area contributed by atoms with Gasteiger partial charge in [0.1, 0.15) is 6.54 Å². The van der Waals surface area contributed by atoms with E-state index in [1.165, 1.54) is 55.5 Å². The van der Waals surface area contributed by atoms with Crippen LogP contribution in [0.1, 0.15) is 45.6 Å². The summed E-state index contributed by atoms with van der Waals surface area (Å²) in [7, 11) is 0. The minimum atomic E-state index is 1.19. The smallest absolute Gasteiger partial charge is 0.104 e. The lowest BCUT2D eigenvalue weighted by Crippen LogP contribution is -2.47. The third kappa shape index (κ3) is 4.51. The zero-order chi connectivity index (χ0) is 12.6. The van der Waals surface area contributed by atoms with E-state index in [1.54, 1.807) is 0 Å². The first-order valence-electron chi connectivity index (χ1n) is 7.15. The maximum atomic E-state index is 2.33. The van der Waals surface area contributed by atoms with Gasteiger partial charge in [-0.2, -0.15) is 0 Å². The maximum absolute atomic E-state index is 2.33. The van der Waals surface area contributed by atoms with Crippen LogP contribution in [0.3, 0.4) is 0 Å². The molecule has 0 unspecified atom stereocenters. The van der Waals surface area contributed by atoms with Crippen molar-refractivity contribution in [1.29, 1.82) is 0 Å². The summed E-state index contributed by atoms with van der Waals surface area (Å²) in [6.45, 7) is 12.0. The Hall–Kier alpha value is -0.820. The number of hydrogen-bond donors (Lipinski definition) is 0. The minimum Gasteiger partial charge on any atom is -0.320 e. The van der Waals surface area contributed by atoms with E-state index >= 15 is 0 Å². The second-order valence-corrected chi connectivity index (χ2v) is 5.05. The Bertz CT molecular complexity index is 288. The van der Waals surface area contributed by atoms with Crippen molar-refractivity contribution < 1.29 is 4.48 Å². The SMILES string of the molecule is CCCCC[N+](CC)(CC)Cc1ccccc1. The van der Waals surface area contributed by atoms with Crippen molar-refractivity contribution in [3.05, 3.63) is 35.9 Å². The molecule has 0 aliphatic carbocycles. The highest BCUT2D eigenvalue weighted by atomic mass is 15.3. The van der Waals surface area contributed by atoms with Crippen LogP contribution in [0, 0.1) is 0 Å². The van der Waals surface area contributed by atoms with Crippen molar-refractivity contribution in [3.63, 3.8) is 0 Å². The Morgan fingerprint density at radius 3 is 2.06 bits per heavy atom. The predicted molar refractivity (Wildman–Crippen MR) is 75.9 cm³/mol. The van der Waals surface area contributed by atoms with Crippen LogP contribution in [0.4, 0.5) is 0 Å². The Labute approximate surface area is 107 Å². The summed E-state index contributed by atoms with van der Waals surface area (Å²) in [6, 6.07) is 10.9. The van der Waals surface area contributed by atoms with E-state index in [2.05, 4.69) is 51.1 Å². The van der Waals surface area contributed by atoms with Crippen molar-refractivity contribution in [2.24, 2.45) is 0 Å². The summed E-state index contributed by atoms with van der Waals surface area (Å²) in [5.41, 5.74) is 1.48. The summed E-state index contributed by atoms with van der Waals surface area (Å²) < 4.78 is 1.24. The van der Waals surface area contributed by atoms with Crippen LogP contribution < -0.4 is 0 Å². The van der Waals surface area contributed by atoms with Gasteiger partial charge in [-0.3, -0.25) is 0 Å². The monoisotopic (exact) mass is 234 g/mol. The van der Waals surface area contributed by atoms with Crippen LogP contribution in [0.25, 0.3) is 0 Å². The molecule has 1 aromatic rings. The molecule has 1 rings (SSSR count). The zero-order valence-corrected chi connectivity index (χ0v) is 11.8. The van der Waals surface area contributed by atoms with Gasteiger partial charge in [-0.05, 0) is 26.7 Å². The van der Waals surface area contributed by atoms with Crippen LogP contribution in [0.5, 0.6) is 0 Å². The largest absolute Gasteiger partial charge is 0.320 e. The van der Waals surface area contributed by atoms with Crippen molar-refractivity contribution >= 4 is 0 Å². The second kappa shape index (κ2) is 7.50. The van der Waals surface area contributed by atoms with Gasteiger partial charge in [0.25, 0.3) is 0 Å². The van der Waals surface area contributed by atoms with E-state index in [4.69, 9.17) is 0 Å². The topological polar surface area (TPSA) is 0 Å². The number of hydrogen-bond acceptors (Lipinski definition) is 0. The van der Waals surface area contributed by atoms with E-state index in [0.717, 1.165) is 0 Å². The van der Waals surface area contributed by atoms with Crippen LogP contribution in [0.2, 0.25) is 0 Å². The first kappa shape index (κ1) is 14.2. The van der Waals surface area contributed by atoms with E-state index < -0.39 is 0 Å². The van der Waals surface area contributed by atoms with Gasteiger partial charge in [0.2, 0.25) is 0 Å². The quantitative estimate of drug-likeness (QED) is 0.466. The standard InChI is InChI=1S/C16H28N/c1-4-7-11-14-17(5-2,6-3)15-16-12-9-8-10-13-16/h8-10,12-13H,4-7,11,14-15H2,1-3H3/q+1. The number of quaternary nitrogens is 1. The van der Waals surface area contributed by atoms with Crippen LogP contribution in [-0.4, -0.2) is 24.1 Å². The molecule has 17 heavy (non-hydrogen) atoms. The van der Waals surface area contributed by atoms with E-state index in [9.17, 15) is 0 Å². The molecule has 0 saturated carbocycles. The number of nitrogens with zero attached hydrogens (tertiary/aromatic N) is 1. The van der Waals surface area contributed by atoms with E-state index in [-0.39, 0.29) is 0 Å². The lowest BCUT2D eigenvalue weighted by molar-refractivity contribution is -0.938. The summed E-state index contributed by atoms with van der Waals surface area (Å²) in [5.74, 6) is 0. The molecule has 0 radical (unpaired) electrons. The molecular weight excluding hydrogens is 206 g/mol. The lowest BCUT2D eigenvalue weighted by atomic mass is 10.1. The highest BCUT2D eigenvalue weighted by Gasteiger charge is 2.22. The van der Waals surface area contributed by atoms with Crippen LogP contribution in [0.15, 0.2) is 30.3 Å².